The van der Waals surface area contributed by atoms with Crippen LogP contribution in [-0.2, 0) is 66.5 Å². The number of carbonyl (C=O) groups excluding carboxylic acids is 2. The molecule has 0 atom stereocenters. The molecule has 61 heavy (non-hydrogen) atoms. The monoisotopic (exact) mass is 900 g/mol. The Kier molecular flexibility index (Phi) is 41.4. The number of amides is 1. The Hall–Kier alpha value is -1.48. The Labute approximate surface area is 372 Å². The van der Waals surface area contributed by atoms with Gasteiger partial charge in [-0.1, -0.05) is 41.5 Å². The minimum atomic E-state index is -1.09. The smallest absolute Gasteiger partial charge is 0.322 e. The molecule has 0 saturated heterocycles. The van der Waals surface area contributed by atoms with E-state index in [1.54, 1.807) is 0 Å². The molecule has 0 rings (SSSR count). The molecule has 17 heteroatoms. The van der Waals surface area contributed by atoms with E-state index in [9.17, 15) is 14.4 Å². The molecule has 0 aliphatic carbocycles. The van der Waals surface area contributed by atoms with E-state index in [2.05, 4.69) is 46.9 Å². The second-order valence-electron chi connectivity index (χ2n) is 16.9. The predicted octanol–water partition coefficient (Wildman–Crippen LogP) is 5.11. The molecule has 1 amide bonds. The molecule has 0 unspecified atom stereocenters. The maximum Gasteiger partial charge on any atom is 0.322 e. The van der Waals surface area contributed by atoms with Crippen molar-refractivity contribution in [1.29, 1.82) is 0 Å². The fourth-order valence-corrected chi connectivity index (χ4v) is 6.25. The quantitative estimate of drug-likeness (QED) is 0.0768. The molecule has 0 aromatic rings. The molecule has 0 fully saturated rings. The Morgan fingerprint density at radius 3 is 1.10 bits per heavy atom. The largest absolute Gasteiger partial charge is 0.480 e. The predicted molar refractivity (Wildman–Crippen MR) is 237 cm³/mol. The maximum atomic E-state index is 12.4. The number of hydrogen-bond donors (Lipinski definition) is 2. The van der Waals surface area contributed by atoms with Crippen LogP contribution in [0.15, 0.2) is 0 Å². The first-order chi connectivity index (χ1) is 29.3. The first-order valence-corrected chi connectivity index (χ1v) is 23.4. The van der Waals surface area contributed by atoms with Crippen LogP contribution in [0, 0.1) is 16.7 Å². The van der Waals surface area contributed by atoms with Gasteiger partial charge in [0, 0.05) is 19.4 Å². The lowest BCUT2D eigenvalue weighted by Gasteiger charge is -2.26. The van der Waals surface area contributed by atoms with Crippen LogP contribution in [0.3, 0.4) is 0 Å². The van der Waals surface area contributed by atoms with Gasteiger partial charge in [0.2, 0.25) is 5.91 Å². The van der Waals surface area contributed by atoms with E-state index in [0.717, 1.165) is 12.2 Å². The van der Waals surface area contributed by atoms with Gasteiger partial charge in [0.05, 0.1) is 144 Å². The van der Waals surface area contributed by atoms with Crippen molar-refractivity contribution in [3.05, 3.63) is 0 Å². The first-order valence-electron chi connectivity index (χ1n) is 22.2. The van der Waals surface area contributed by atoms with Crippen LogP contribution in [0.1, 0.15) is 86.5 Å². The average Bonchev–Trinajstić information content (AvgIpc) is 3.20. The summed E-state index contributed by atoms with van der Waals surface area (Å²) in [5.41, 5.74) is 0.703. The highest BCUT2D eigenvalue weighted by atomic mass is 32.2. The van der Waals surface area contributed by atoms with Crippen LogP contribution in [0.25, 0.3) is 0 Å². The van der Waals surface area contributed by atoms with Crippen molar-refractivity contribution >= 4 is 29.4 Å². The topological polar surface area (TPSA) is 185 Å². The summed E-state index contributed by atoms with van der Waals surface area (Å²) in [5.74, 6) is 1.21. The normalized spacial score (nSPS) is 12.1. The van der Waals surface area contributed by atoms with Crippen LogP contribution in [0.5, 0.6) is 0 Å². The summed E-state index contributed by atoms with van der Waals surface area (Å²) >= 11 is 1.81. The summed E-state index contributed by atoms with van der Waals surface area (Å²) in [6.45, 7) is 23.5. The molecule has 0 bridgehead atoms. The van der Waals surface area contributed by atoms with Gasteiger partial charge in [-0.05, 0) is 54.6 Å². The van der Waals surface area contributed by atoms with E-state index in [1.807, 2.05) is 11.8 Å². The molecule has 0 aliphatic rings. The SMILES string of the molecule is CC(C)(C)CCC(CCC(C)(C)C)CSCC(=O)CCCOCCOCCOCCOCCOCCOCCOCCOCCOCCOCCOCCC(=O)NCC(=O)O. The highest BCUT2D eigenvalue weighted by Gasteiger charge is 2.19. The number of thioether (sulfide) groups is 1. The lowest BCUT2D eigenvalue weighted by molar-refractivity contribution is -0.138. The van der Waals surface area contributed by atoms with Crippen LogP contribution >= 0.6 is 11.8 Å². The second-order valence-corrected chi connectivity index (χ2v) is 17.9. The maximum absolute atomic E-state index is 12.4. The summed E-state index contributed by atoms with van der Waals surface area (Å²) in [7, 11) is 0. The van der Waals surface area contributed by atoms with E-state index in [0.29, 0.717) is 173 Å². The van der Waals surface area contributed by atoms with E-state index in [4.69, 9.17) is 57.2 Å². The first kappa shape index (κ1) is 59.5. The number of ketones is 1. The second kappa shape index (κ2) is 42.5. The Bertz CT molecular complexity index is 994. The Morgan fingerprint density at radius 2 is 0.787 bits per heavy atom. The molecule has 0 aliphatic heterocycles. The van der Waals surface area contributed by atoms with Gasteiger partial charge in [0.1, 0.15) is 12.3 Å². The van der Waals surface area contributed by atoms with Crippen LogP contribution in [-0.4, -0.2) is 186 Å². The number of Topliss-reactive ketones (excluding diaryl/α,β-unsaturated/α-hetero) is 1. The molecule has 16 nitrogen and oxygen atoms in total. The van der Waals surface area contributed by atoms with E-state index < -0.39 is 12.5 Å². The molecule has 0 spiro atoms. The summed E-state index contributed by atoms with van der Waals surface area (Å²) in [6, 6.07) is 0. The lowest BCUT2D eigenvalue weighted by atomic mass is 9.82. The van der Waals surface area contributed by atoms with E-state index in [-0.39, 0.29) is 18.9 Å². The zero-order valence-corrected chi connectivity index (χ0v) is 39.6. The number of aliphatic carboxylic acids is 1. The van der Waals surface area contributed by atoms with E-state index in [1.165, 1.54) is 25.7 Å². The molecule has 0 radical (unpaired) electrons. The number of ether oxygens (including phenoxy) is 11. The molecule has 0 aromatic heterocycles. The minimum Gasteiger partial charge on any atom is -0.480 e. The van der Waals surface area contributed by atoms with Gasteiger partial charge in [-0.2, -0.15) is 11.8 Å². The fourth-order valence-electron chi connectivity index (χ4n) is 5.10. The molecular weight excluding hydrogens is 815 g/mol. The van der Waals surface area contributed by atoms with Gasteiger partial charge in [-0.15, -0.1) is 0 Å². The summed E-state index contributed by atoms with van der Waals surface area (Å²) < 4.78 is 60.3. The highest BCUT2D eigenvalue weighted by Crippen LogP contribution is 2.31. The third-order valence-electron chi connectivity index (χ3n) is 8.60. The van der Waals surface area contributed by atoms with Crippen LogP contribution < -0.4 is 5.32 Å². The van der Waals surface area contributed by atoms with Gasteiger partial charge in [-0.25, -0.2) is 0 Å². The molecule has 0 aromatic carbocycles. The molecule has 362 valence electrons. The van der Waals surface area contributed by atoms with Gasteiger partial charge in [0.15, 0.2) is 0 Å². The van der Waals surface area contributed by atoms with Gasteiger partial charge < -0.3 is 62.5 Å². The van der Waals surface area contributed by atoms with Crippen molar-refractivity contribution in [2.45, 2.75) is 86.5 Å². The Balaban J connectivity index is 3.32. The van der Waals surface area contributed by atoms with Crippen molar-refractivity contribution in [1.82, 2.24) is 5.32 Å². The standard InChI is InChI=1S/C44H85NO15S/c1-43(2,3)12-9-39(10-13-44(4,5)6)37-61-38-40(46)8-7-14-50-16-18-52-20-22-54-24-26-56-28-30-58-32-34-60-35-33-59-31-29-57-27-25-55-23-21-53-19-17-51-15-11-41(47)45-36-42(48)49/h39H,7-38H2,1-6H3,(H,45,47)(H,48,49). The van der Waals surface area contributed by atoms with Crippen molar-refractivity contribution in [2.75, 3.05) is 163 Å². The number of rotatable bonds is 47. The van der Waals surface area contributed by atoms with Crippen molar-refractivity contribution in [3.8, 4) is 0 Å². The molecule has 0 heterocycles. The Morgan fingerprint density at radius 1 is 0.475 bits per heavy atom. The third-order valence-corrected chi connectivity index (χ3v) is 9.83. The molecule has 0 saturated carbocycles. The van der Waals surface area contributed by atoms with Crippen LogP contribution in [0.4, 0.5) is 0 Å². The number of carboxylic acids is 1. The number of carboxylic acid groups (broad SMARTS) is 1. The summed E-state index contributed by atoms with van der Waals surface area (Å²) in [4.78, 5) is 34.1. The van der Waals surface area contributed by atoms with Gasteiger partial charge in [-0.3, -0.25) is 14.4 Å². The zero-order chi connectivity index (χ0) is 45.1. The summed E-state index contributed by atoms with van der Waals surface area (Å²) in [6.07, 6.45) is 6.35. The average molecular weight is 900 g/mol. The third kappa shape index (κ3) is 51.0. The van der Waals surface area contributed by atoms with Crippen molar-refractivity contribution in [3.63, 3.8) is 0 Å². The zero-order valence-electron chi connectivity index (χ0n) is 38.8. The summed E-state index contributed by atoms with van der Waals surface area (Å²) in [5, 5.41) is 10.8. The number of nitrogens with one attached hydrogen (secondary N) is 1. The van der Waals surface area contributed by atoms with Gasteiger partial charge >= 0.3 is 5.97 Å². The molecule has 2 N–H and O–H groups in total. The minimum absolute atomic E-state index is 0.100. The van der Waals surface area contributed by atoms with Crippen LogP contribution in [0.2, 0.25) is 0 Å². The fraction of sp³-hybridized carbons (Fsp3) is 0.932. The van der Waals surface area contributed by atoms with Crippen molar-refractivity contribution < 1.29 is 71.6 Å². The number of carbonyl (C=O) groups is 3. The van der Waals surface area contributed by atoms with E-state index >= 15 is 0 Å². The van der Waals surface area contributed by atoms with Crippen molar-refractivity contribution in [2.24, 2.45) is 16.7 Å². The molecular formula is C44H85NO15S. The highest BCUT2D eigenvalue weighted by molar-refractivity contribution is 7.99. The number of hydrogen-bond acceptors (Lipinski definition) is 15. The van der Waals surface area contributed by atoms with Gasteiger partial charge in [0.25, 0.3) is 0 Å². The lowest BCUT2D eigenvalue weighted by Crippen LogP contribution is -2.30.